The van der Waals surface area contributed by atoms with Crippen LogP contribution in [0, 0.1) is 0 Å². The highest BCUT2D eigenvalue weighted by Crippen LogP contribution is 2.15. The first kappa shape index (κ1) is 17.6. The third kappa shape index (κ3) is 3.88. The van der Waals surface area contributed by atoms with Crippen LogP contribution in [0.3, 0.4) is 0 Å². The molecule has 3 rings (SSSR count). The van der Waals surface area contributed by atoms with E-state index in [1.165, 1.54) is 0 Å². The van der Waals surface area contributed by atoms with Crippen molar-refractivity contribution in [1.29, 1.82) is 0 Å². The molecule has 0 unspecified atom stereocenters. The summed E-state index contributed by atoms with van der Waals surface area (Å²) in [6.45, 7) is 6.04. The van der Waals surface area contributed by atoms with E-state index in [4.69, 9.17) is 0 Å². The number of carbonyl (C=O) groups excluding carboxylic acids is 2. The number of amides is 2. The average molecular weight is 351 g/mol. The van der Waals surface area contributed by atoms with Crippen LogP contribution in [0.25, 0.3) is 5.52 Å². The molecule has 0 fully saturated rings. The van der Waals surface area contributed by atoms with Crippen LogP contribution in [-0.2, 0) is 6.54 Å². The van der Waals surface area contributed by atoms with E-state index in [1.54, 1.807) is 35.1 Å². The summed E-state index contributed by atoms with van der Waals surface area (Å²) in [5, 5.41) is 5.71. The predicted molar refractivity (Wildman–Crippen MR) is 97.8 cm³/mol. The maximum atomic E-state index is 12.6. The molecule has 0 aliphatic heterocycles. The third-order valence-corrected chi connectivity index (χ3v) is 3.66. The molecule has 0 saturated carbocycles. The Hall–Kier alpha value is -3.22. The van der Waals surface area contributed by atoms with Gasteiger partial charge in [0.1, 0.15) is 0 Å². The fraction of sp³-hybridized carbons (Fsp3) is 0.263. The van der Waals surface area contributed by atoms with Crippen molar-refractivity contribution < 1.29 is 9.59 Å². The Labute approximate surface area is 151 Å². The average Bonchev–Trinajstić information content (AvgIpc) is 2.99. The van der Waals surface area contributed by atoms with Crippen LogP contribution < -0.4 is 10.6 Å². The molecule has 7 heteroatoms. The zero-order valence-corrected chi connectivity index (χ0v) is 15.0. The fourth-order valence-electron chi connectivity index (χ4n) is 2.53. The Morgan fingerprint density at radius 2 is 1.81 bits per heavy atom. The number of carbonyl (C=O) groups is 2. The highest BCUT2D eigenvalue weighted by atomic mass is 16.2. The highest BCUT2D eigenvalue weighted by molar-refractivity contribution is 6.02. The van der Waals surface area contributed by atoms with E-state index in [1.807, 2.05) is 39.0 Å². The zero-order chi connectivity index (χ0) is 18.7. The van der Waals surface area contributed by atoms with Crippen LogP contribution >= 0.6 is 0 Å². The number of nitrogens with zero attached hydrogens (tertiary/aromatic N) is 3. The topological polar surface area (TPSA) is 88.4 Å². The maximum Gasteiger partial charge on any atom is 0.287 e. The maximum absolute atomic E-state index is 12.6. The van der Waals surface area contributed by atoms with Crippen molar-refractivity contribution in [3.8, 4) is 0 Å². The van der Waals surface area contributed by atoms with Crippen molar-refractivity contribution >= 4 is 17.3 Å². The van der Waals surface area contributed by atoms with Crippen LogP contribution in [-0.4, -0.2) is 31.7 Å². The van der Waals surface area contributed by atoms with E-state index >= 15 is 0 Å². The summed E-state index contributed by atoms with van der Waals surface area (Å²) in [7, 11) is 0. The lowest BCUT2D eigenvalue weighted by molar-refractivity contribution is 0.0916. The number of fused-ring (bicyclic) bond motifs is 1. The lowest BCUT2D eigenvalue weighted by Crippen LogP contribution is -2.40. The third-order valence-electron chi connectivity index (χ3n) is 3.66. The molecule has 0 atom stereocenters. The van der Waals surface area contributed by atoms with Crippen LogP contribution in [0.5, 0.6) is 0 Å². The molecule has 0 spiro atoms. The monoisotopic (exact) mass is 351 g/mol. The van der Waals surface area contributed by atoms with Gasteiger partial charge in [0.25, 0.3) is 11.8 Å². The molecular formula is C19H21N5O2. The molecule has 0 radical (unpaired) electrons. The largest absolute Gasteiger partial charge is 0.346 e. The predicted octanol–water partition coefficient (Wildman–Crippen LogP) is 2.19. The number of hydrogen-bond donors (Lipinski definition) is 2. The summed E-state index contributed by atoms with van der Waals surface area (Å²) < 4.78 is 1.62. The molecule has 0 saturated heterocycles. The van der Waals surface area contributed by atoms with E-state index < -0.39 is 5.54 Å². The van der Waals surface area contributed by atoms with Gasteiger partial charge in [-0.3, -0.25) is 19.0 Å². The Morgan fingerprint density at radius 3 is 2.50 bits per heavy atom. The molecule has 0 aliphatic rings. The number of nitrogens with one attached hydrogen (secondary N) is 2. The van der Waals surface area contributed by atoms with Gasteiger partial charge in [0.2, 0.25) is 5.82 Å². The number of imidazole rings is 1. The van der Waals surface area contributed by atoms with Crippen molar-refractivity contribution in [3.05, 3.63) is 66.0 Å². The summed E-state index contributed by atoms with van der Waals surface area (Å²) in [5.41, 5.74) is 1.35. The molecule has 7 nitrogen and oxygen atoms in total. The number of hydrogen-bond acceptors (Lipinski definition) is 4. The Balaban J connectivity index is 1.89. The van der Waals surface area contributed by atoms with E-state index in [2.05, 4.69) is 20.6 Å². The molecule has 3 aromatic heterocycles. The molecule has 3 heterocycles. The van der Waals surface area contributed by atoms with E-state index in [-0.39, 0.29) is 23.3 Å². The van der Waals surface area contributed by atoms with E-state index in [9.17, 15) is 9.59 Å². The van der Waals surface area contributed by atoms with E-state index in [0.29, 0.717) is 12.1 Å². The SMILES string of the molecule is CC(C)(C)NC(=O)c1nc(C(=O)NCc2ccncc2)n2ccccc12. The quantitative estimate of drug-likeness (QED) is 0.754. The smallest absolute Gasteiger partial charge is 0.287 e. The van der Waals surface area contributed by atoms with Crippen LogP contribution in [0.4, 0.5) is 0 Å². The van der Waals surface area contributed by atoms with Crippen molar-refractivity contribution in [2.45, 2.75) is 32.9 Å². The van der Waals surface area contributed by atoms with Crippen LogP contribution in [0.1, 0.15) is 47.4 Å². The summed E-state index contributed by atoms with van der Waals surface area (Å²) in [6, 6.07) is 9.02. The van der Waals surface area contributed by atoms with Gasteiger partial charge in [-0.25, -0.2) is 4.98 Å². The van der Waals surface area contributed by atoms with Gasteiger partial charge in [0.15, 0.2) is 5.69 Å². The summed E-state index contributed by atoms with van der Waals surface area (Å²) in [6.07, 6.45) is 5.06. The van der Waals surface area contributed by atoms with Gasteiger partial charge in [-0.05, 0) is 50.6 Å². The van der Waals surface area contributed by atoms with Gasteiger partial charge < -0.3 is 10.6 Å². The highest BCUT2D eigenvalue weighted by Gasteiger charge is 2.23. The Kier molecular flexibility index (Phi) is 4.71. The minimum Gasteiger partial charge on any atom is -0.346 e. The van der Waals surface area contributed by atoms with Crippen molar-refractivity contribution in [3.63, 3.8) is 0 Å². The van der Waals surface area contributed by atoms with Gasteiger partial charge in [-0.2, -0.15) is 0 Å². The van der Waals surface area contributed by atoms with Gasteiger partial charge in [-0.15, -0.1) is 0 Å². The number of rotatable bonds is 4. The van der Waals surface area contributed by atoms with Gasteiger partial charge in [-0.1, -0.05) is 6.07 Å². The summed E-state index contributed by atoms with van der Waals surface area (Å²) >= 11 is 0. The molecule has 2 amide bonds. The number of pyridine rings is 2. The van der Waals surface area contributed by atoms with Gasteiger partial charge >= 0.3 is 0 Å². The second-order valence-corrected chi connectivity index (χ2v) is 6.98. The molecule has 0 aliphatic carbocycles. The van der Waals surface area contributed by atoms with Gasteiger partial charge in [0, 0.05) is 30.7 Å². The van der Waals surface area contributed by atoms with Gasteiger partial charge in [0.05, 0.1) is 5.52 Å². The second kappa shape index (κ2) is 6.95. The number of aromatic nitrogens is 3. The van der Waals surface area contributed by atoms with Crippen LogP contribution in [0.15, 0.2) is 48.9 Å². The molecule has 3 aromatic rings. The first-order valence-corrected chi connectivity index (χ1v) is 8.32. The minimum absolute atomic E-state index is 0.175. The molecular weight excluding hydrogens is 330 g/mol. The van der Waals surface area contributed by atoms with E-state index in [0.717, 1.165) is 5.56 Å². The zero-order valence-electron chi connectivity index (χ0n) is 15.0. The Morgan fingerprint density at radius 1 is 1.08 bits per heavy atom. The van der Waals surface area contributed by atoms with Crippen molar-refractivity contribution in [1.82, 2.24) is 25.0 Å². The Bertz CT molecular complexity index is 941. The minimum atomic E-state index is -0.397. The first-order chi connectivity index (χ1) is 12.3. The lowest BCUT2D eigenvalue weighted by atomic mass is 10.1. The molecule has 0 bridgehead atoms. The normalized spacial score (nSPS) is 11.3. The van der Waals surface area contributed by atoms with Crippen molar-refractivity contribution in [2.24, 2.45) is 0 Å². The standard InChI is InChI=1S/C19H21N5O2/c1-19(2,3)23-17(25)15-14-6-4-5-11-24(14)16(22-15)18(26)21-12-13-7-9-20-10-8-13/h4-11H,12H2,1-3H3,(H,21,26)(H,23,25). The second-order valence-electron chi connectivity index (χ2n) is 6.98. The molecule has 2 N–H and O–H groups in total. The lowest BCUT2D eigenvalue weighted by Gasteiger charge is -2.19. The molecule has 0 aromatic carbocycles. The van der Waals surface area contributed by atoms with Crippen molar-refractivity contribution in [2.75, 3.05) is 0 Å². The first-order valence-electron chi connectivity index (χ1n) is 8.32. The molecule has 26 heavy (non-hydrogen) atoms. The molecule has 134 valence electrons. The fourth-order valence-corrected chi connectivity index (χ4v) is 2.53. The summed E-state index contributed by atoms with van der Waals surface area (Å²) in [5.74, 6) is -0.485. The summed E-state index contributed by atoms with van der Waals surface area (Å²) in [4.78, 5) is 33.4. The van der Waals surface area contributed by atoms with Crippen LogP contribution in [0.2, 0.25) is 0 Å².